The van der Waals surface area contributed by atoms with Crippen LogP contribution in [-0.4, -0.2) is 56.8 Å². The average Bonchev–Trinajstić information content (AvgIpc) is 3.34. The number of para-hydroxylation sites is 1. The van der Waals surface area contributed by atoms with Gasteiger partial charge in [0.05, 0.1) is 17.6 Å². The van der Waals surface area contributed by atoms with Crippen LogP contribution in [0.3, 0.4) is 0 Å². The summed E-state index contributed by atoms with van der Waals surface area (Å²) in [4.78, 5) is 33.0. The summed E-state index contributed by atoms with van der Waals surface area (Å²) < 4.78 is 9.26. The molecule has 9 heteroatoms. The van der Waals surface area contributed by atoms with Gasteiger partial charge in [-0.3, -0.25) is 14.2 Å². The van der Waals surface area contributed by atoms with E-state index in [1.54, 1.807) is 10.6 Å². The smallest absolute Gasteiger partial charge is 0.263 e. The van der Waals surface area contributed by atoms with Gasteiger partial charge in [0, 0.05) is 30.9 Å². The number of nitrogens with zero attached hydrogens (tertiary/aromatic N) is 4. The zero-order chi connectivity index (χ0) is 26.6. The molecule has 6 rings (SSSR count). The van der Waals surface area contributed by atoms with E-state index in [0.717, 1.165) is 11.6 Å². The van der Waals surface area contributed by atoms with Crippen molar-refractivity contribution in [2.24, 2.45) is 0 Å². The van der Waals surface area contributed by atoms with Crippen LogP contribution >= 0.6 is 24.2 Å². The van der Waals surface area contributed by atoms with Crippen LogP contribution in [0.5, 0.6) is 5.75 Å². The number of benzene rings is 2. The number of fused-ring (bicyclic) bond motifs is 2. The number of ether oxygens (including phenoxy) is 1. The molecule has 0 radical (unpaired) electrons. The Labute approximate surface area is 239 Å². The molecule has 2 fully saturated rings. The van der Waals surface area contributed by atoms with Crippen molar-refractivity contribution in [2.75, 3.05) is 26.0 Å². The highest BCUT2D eigenvalue weighted by Crippen LogP contribution is 2.29. The Hall–Kier alpha value is -3.07. The predicted octanol–water partition coefficient (Wildman–Crippen LogP) is 5.50. The normalized spacial score (nSPS) is 14.3. The van der Waals surface area contributed by atoms with Gasteiger partial charge in [0.1, 0.15) is 11.4 Å². The first kappa shape index (κ1) is 28.9. The fraction of sp³-hybridized carbons (Fsp3) is 0.367. The summed E-state index contributed by atoms with van der Waals surface area (Å²) in [5.41, 5.74) is 2.83. The van der Waals surface area contributed by atoms with Gasteiger partial charge < -0.3 is 14.2 Å². The topological polar surface area (TPSA) is 69.4 Å². The zero-order valence-electron chi connectivity index (χ0n) is 22.6. The van der Waals surface area contributed by atoms with Crippen LogP contribution in [0.15, 0.2) is 70.7 Å². The van der Waals surface area contributed by atoms with Crippen LogP contribution in [0.2, 0.25) is 0 Å². The van der Waals surface area contributed by atoms with Gasteiger partial charge in [0.15, 0.2) is 10.9 Å². The molecule has 2 saturated heterocycles. The fourth-order valence-electron chi connectivity index (χ4n) is 5.00. The van der Waals surface area contributed by atoms with Crippen LogP contribution in [0.4, 0.5) is 0 Å². The van der Waals surface area contributed by atoms with Crippen molar-refractivity contribution in [3.63, 3.8) is 0 Å². The molecule has 0 saturated carbocycles. The second-order valence-electron chi connectivity index (χ2n) is 9.55. The molecule has 2 aliphatic rings. The summed E-state index contributed by atoms with van der Waals surface area (Å²) in [5, 5.41) is 1.32. The molecule has 2 aromatic carbocycles. The van der Waals surface area contributed by atoms with Crippen molar-refractivity contribution in [1.82, 2.24) is 19.0 Å². The van der Waals surface area contributed by atoms with Crippen molar-refractivity contribution in [3.8, 4) is 5.75 Å². The van der Waals surface area contributed by atoms with E-state index >= 15 is 0 Å². The lowest BCUT2D eigenvalue weighted by Gasteiger charge is -2.50. The van der Waals surface area contributed by atoms with Gasteiger partial charge in [0.2, 0.25) is 0 Å². The summed E-state index contributed by atoms with van der Waals surface area (Å²) in [5.74, 6) is 0.523. The fourth-order valence-corrected chi connectivity index (χ4v) is 5.61. The number of aromatic nitrogens is 3. The Kier molecular flexibility index (Phi) is 9.53. The Bertz CT molecular complexity index is 1480. The SMILES string of the molecule is C1CN2CCC12.CCOc1ccccc1C(=O)c1ccc(Cn2ccc3c(=O)n(CC)c(SC)nc32)cc1.Cl. The van der Waals surface area contributed by atoms with E-state index in [2.05, 4.69) is 4.90 Å². The van der Waals surface area contributed by atoms with E-state index in [1.165, 1.54) is 37.7 Å². The number of ketones is 1. The van der Waals surface area contributed by atoms with Gasteiger partial charge in [-0.1, -0.05) is 48.2 Å². The molecule has 0 spiro atoms. The van der Waals surface area contributed by atoms with E-state index < -0.39 is 0 Å². The van der Waals surface area contributed by atoms with E-state index in [9.17, 15) is 9.59 Å². The summed E-state index contributed by atoms with van der Waals surface area (Å²) in [6, 6.07) is 17.7. The lowest BCUT2D eigenvalue weighted by atomic mass is 9.91. The summed E-state index contributed by atoms with van der Waals surface area (Å²) in [6.07, 6.45) is 6.78. The largest absolute Gasteiger partial charge is 0.493 e. The maximum Gasteiger partial charge on any atom is 0.263 e. The molecule has 206 valence electrons. The number of thioether (sulfide) groups is 1. The molecule has 4 aromatic rings. The van der Waals surface area contributed by atoms with Crippen LogP contribution < -0.4 is 10.3 Å². The van der Waals surface area contributed by atoms with Crippen LogP contribution in [0.1, 0.15) is 48.2 Å². The Morgan fingerprint density at radius 1 is 1.05 bits per heavy atom. The maximum atomic E-state index is 13.0. The van der Waals surface area contributed by atoms with Crippen LogP contribution in [0.25, 0.3) is 11.0 Å². The van der Waals surface area contributed by atoms with Crippen molar-refractivity contribution in [1.29, 1.82) is 0 Å². The van der Waals surface area contributed by atoms with Gasteiger partial charge in [-0.15, -0.1) is 12.4 Å². The minimum absolute atomic E-state index is 0. The average molecular weight is 567 g/mol. The highest BCUT2D eigenvalue weighted by Gasteiger charge is 2.34. The highest BCUT2D eigenvalue weighted by atomic mass is 35.5. The van der Waals surface area contributed by atoms with E-state index in [0.29, 0.717) is 52.8 Å². The summed E-state index contributed by atoms with van der Waals surface area (Å²) >= 11 is 1.47. The second-order valence-corrected chi connectivity index (χ2v) is 10.3. The van der Waals surface area contributed by atoms with Gasteiger partial charge >= 0.3 is 0 Å². The van der Waals surface area contributed by atoms with Gasteiger partial charge in [0.25, 0.3) is 5.56 Å². The first-order valence-corrected chi connectivity index (χ1v) is 14.5. The molecule has 2 aromatic heterocycles. The van der Waals surface area contributed by atoms with Crippen molar-refractivity contribution in [2.45, 2.75) is 51.0 Å². The molecule has 0 amide bonds. The summed E-state index contributed by atoms with van der Waals surface area (Å²) in [6.45, 7) is 8.28. The number of hydrogen-bond acceptors (Lipinski definition) is 6. The van der Waals surface area contributed by atoms with E-state index in [1.807, 2.05) is 79.4 Å². The first-order chi connectivity index (χ1) is 18.5. The molecule has 7 nitrogen and oxygen atoms in total. The lowest BCUT2D eigenvalue weighted by molar-refractivity contribution is -0.00222. The third-order valence-corrected chi connectivity index (χ3v) is 8.03. The lowest BCUT2D eigenvalue weighted by Crippen LogP contribution is -2.57. The predicted molar refractivity (Wildman–Crippen MR) is 160 cm³/mol. The van der Waals surface area contributed by atoms with E-state index in [-0.39, 0.29) is 23.7 Å². The molecule has 0 unspecified atom stereocenters. The van der Waals surface area contributed by atoms with Crippen molar-refractivity contribution in [3.05, 3.63) is 87.8 Å². The third-order valence-electron chi connectivity index (χ3n) is 7.36. The number of hydrogen-bond donors (Lipinski definition) is 0. The molecular formula is C30H35ClN4O3S. The zero-order valence-corrected chi connectivity index (χ0v) is 24.3. The van der Waals surface area contributed by atoms with Crippen molar-refractivity contribution < 1.29 is 9.53 Å². The number of rotatable bonds is 8. The highest BCUT2D eigenvalue weighted by molar-refractivity contribution is 7.98. The molecule has 2 aliphatic heterocycles. The summed E-state index contributed by atoms with van der Waals surface area (Å²) in [7, 11) is 0. The molecular weight excluding hydrogens is 532 g/mol. The van der Waals surface area contributed by atoms with Crippen LogP contribution in [0, 0.1) is 0 Å². The third kappa shape index (κ3) is 5.93. The van der Waals surface area contributed by atoms with Crippen molar-refractivity contribution >= 4 is 41.0 Å². The minimum atomic E-state index is -0.0709. The molecule has 4 heterocycles. The van der Waals surface area contributed by atoms with Gasteiger partial charge in [-0.2, -0.15) is 0 Å². The molecule has 39 heavy (non-hydrogen) atoms. The Balaban J connectivity index is 0.000000438. The molecule has 0 atom stereocenters. The standard InChI is InChI=1S/C25H25N3O3S.C5H9N.ClH/c1-4-28-24(30)20-14-15-27(23(20)26-25(28)32-3)16-17-10-12-18(13-11-17)22(29)19-8-6-7-9-21(19)31-5-2;1-3-6-4-2-5(1)6;/h6-15H,4-5,16H2,1-3H3;5H,1-4H2;1H. The van der Waals surface area contributed by atoms with E-state index in [4.69, 9.17) is 9.72 Å². The maximum absolute atomic E-state index is 13.0. The number of carbonyl (C=O) groups is 1. The monoisotopic (exact) mass is 566 g/mol. The molecule has 0 bridgehead atoms. The quantitative estimate of drug-likeness (QED) is 0.159. The second kappa shape index (κ2) is 12.9. The number of carbonyl (C=O) groups excluding carboxylic acids is 1. The van der Waals surface area contributed by atoms with Crippen LogP contribution in [-0.2, 0) is 13.1 Å². The number of halogens is 1. The Morgan fingerprint density at radius 3 is 2.31 bits per heavy atom. The molecule has 0 N–H and O–H groups in total. The molecule has 0 aliphatic carbocycles. The van der Waals surface area contributed by atoms with Gasteiger partial charge in [-0.05, 0) is 69.8 Å². The first-order valence-electron chi connectivity index (χ1n) is 13.3. The minimum Gasteiger partial charge on any atom is -0.493 e. The Morgan fingerprint density at radius 2 is 1.74 bits per heavy atom. The number of piperidine rings is 1. The van der Waals surface area contributed by atoms with Gasteiger partial charge in [-0.25, -0.2) is 4.98 Å².